The van der Waals surface area contributed by atoms with Crippen LogP contribution in [0.3, 0.4) is 0 Å². The number of anilines is 1. The van der Waals surface area contributed by atoms with Crippen LogP contribution >= 0.6 is 11.8 Å². The summed E-state index contributed by atoms with van der Waals surface area (Å²) in [7, 11) is 0. The van der Waals surface area contributed by atoms with Crippen LogP contribution in [-0.2, 0) is 5.75 Å². The van der Waals surface area contributed by atoms with Gasteiger partial charge in [-0.25, -0.2) is 9.59 Å². The number of amides is 4. The topological polar surface area (TPSA) is 73.5 Å². The van der Waals surface area contributed by atoms with Gasteiger partial charge in [-0.05, 0) is 24.6 Å². The van der Waals surface area contributed by atoms with Crippen LogP contribution in [0.4, 0.5) is 15.3 Å². The molecule has 6 nitrogen and oxygen atoms in total. The quantitative estimate of drug-likeness (QED) is 0.640. The van der Waals surface area contributed by atoms with Gasteiger partial charge in [0.25, 0.3) is 0 Å². The van der Waals surface area contributed by atoms with E-state index in [1.165, 1.54) is 11.1 Å². The maximum atomic E-state index is 12.2. The summed E-state index contributed by atoms with van der Waals surface area (Å²) in [5.41, 5.74) is 3.27. The number of nitrogens with zero attached hydrogens (tertiary/aromatic N) is 1. The highest BCUT2D eigenvalue weighted by Gasteiger charge is 2.18. The second-order valence-electron chi connectivity index (χ2n) is 6.37. The fourth-order valence-electron chi connectivity index (χ4n) is 2.74. The Balaban J connectivity index is 1.49. The van der Waals surface area contributed by atoms with Crippen LogP contribution in [0.15, 0.2) is 53.4 Å². The first-order valence-electron chi connectivity index (χ1n) is 8.97. The zero-order chi connectivity index (χ0) is 19.1. The molecular weight excluding hydrogens is 360 g/mol. The third-order valence-electron chi connectivity index (χ3n) is 4.26. The Hall–Kier alpha value is -2.67. The van der Waals surface area contributed by atoms with E-state index in [2.05, 4.69) is 47.1 Å². The van der Waals surface area contributed by atoms with Crippen molar-refractivity contribution in [3.63, 3.8) is 0 Å². The van der Waals surface area contributed by atoms with Crippen molar-refractivity contribution in [2.45, 2.75) is 17.6 Å². The smallest absolute Gasteiger partial charge is 0.319 e. The van der Waals surface area contributed by atoms with Crippen molar-refractivity contribution in [3.8, 4) is 0 Å². The molecule has 0 aromatic heterocycles. The van der Waals surface area contributed by atoms with Crippen molar-refractivity contribution in [1.82, 2.24) is 15.5 Å². The number of benzene rings is 2. The molecule has 0 radical (unpaired) electrons. The monoisotopic (exact) mass is 384 g/mol. The molecule has 0 atom stereocenters. The van der Waals surface area contributed by atoms with Gasteiger partial charge >= 0.3 is 12.1 Å². The molecule has 0 aliphatic carbocycles. The number of rotatable bonds is 7. The van der Waals surface area contributed by atoms with Crippen LogP contribution < -0.4 is 16.0 Å². The molecule has 0 unspecified atom stereocenters. The van der Waals surface area contributed by atoms with Crippen molar-refractivity contribution >= 4 is 29.5 Å². The van der Waals surface area contributed by atoms with Crippen molar-refractivity contribution in [2.24, 2.45) is 0 Å². The van der Waals surface area contributed by atoms with Gasteiger partial charge < -0.3 is 20.9 Å². The number of urea groups is 2. The van der Waals surface area contributed by atoms with E-state index in [1.807, 2.05) is 24.3 Å². The van der Waals surface area contributed by atoms with Gasteiger partial charge in [0, 0.05) is 36.8 Å². The summed E-state index contributed by atoms with van der Waals surface area (Å²) in [6, 6.07) is 15.9. The molecule has 1 saturated heterocycles. The van der Waals surface area contributed by atoms with Gasteiger partial charge in [-0.3, -0.25) is 0 Å². The fourth-order valence-corrected chi connectivity index (χ4v) is 3.70. The van der Waals surface area contributed by atoms with Crippen LogP contribution in [0.25, 0.3) is 0 Å². The van der Waals surface area contributed by atoms with Crippen molar-refractivity contribution in [1.29, 1.82) is 0 Å². The highest BCUT2D eigenvalue weighted by Crippen LogP contribution is 2.29. The average Bonchev–Trinajstić information content (AvgIpc) is 3.07. The Morgan fingerprint density at radius 1 is 1.19 bits per heavy atom. The van der Waals surface area contributed by atoms with Crippen LogP contribution in [0, 0.1) is 6.92 Å². The van der Waals surface area contributed by atoms with Gasteiger partial charge in [-0.1, -0.05) is 42.0 Å². The van der Waals surface area contributed by atoms with E-state index in [1.54, 1.807) is 16.7 Å². The molecule has 142 valence electrons. The minimum Gasteiger partial charge on any atom is -0.336 e. The average molecular weight is 385 g/mol. The number of carbonyl (C=O) groups excluding carboxylic acids is 2. The largest absolute Gasteiger partial charge is 0.336 e. The lowest BCUT2D eigenvalue weighted by molar-refractivity contribution is 0.216. The zero-order valence-corrected chi connectivity index (χ0v) is 16.1. The maximum absolute atomic E-state index is 12.2. The van der Waals surface area contributed by atoms with E-state index in [0.29, 0.717) is 26.2 Å². The number of carbonyl (C=O) groups is 2. The standard InChI is InChI=1S/C20H24N4O2S/c1-15-6-8-16(9-7-15)14-27-18-5-3-2-4-17(18)23-19(25)21-10-12-24-13-11-22-20(24)26/h2-9H,10-14H2,1H3,(H,22,26)(H2,21,23,25). The summed E-state index contributed by atoms with van der Waals surface area (Å²) < 4.78 is 0. The lowest BCUT2D eigenvalue weighted by atomic mass is 10.2. The van der Waals surface area contributed by atoms with E-state index in [9.17, 15) is 9.59 Å². The normalized spacial score (nSPS) is 13.4. The molecule has 4 amide bonds. The third-order valence-corrected chi connectivity index (χ3v) is 5.41. The molecule has 3 rings (SSSR count). The minimum absolute atomic E-state index is 0.0740. The van der Waals surface area contributed by atoms with Gasteiger partial charge in [0.15, 0.2) is 0 Å². The Morgan fingerprint density at radius 3 is 2.70 bits per heavy atom. The van der Waals surface area contributed by atoms with E-state index in [0.717, 1.165) is 16.3 Å². The first kappa shape index (κ1) is 19.1. The zero-order valence-electron chi connectivity index (χ0n) is 15.3. The van der Waals surface area contributed by atoms with Crippen LogP contribution in [0.1, 0.15) is 11.1 Å². The molecule has 1 fully saturated rings. The highest BCUT2D eigenvalue weighted by atomic mass is 32.2. The predicted molar refractivity (Wildman–Crippen MR) is 109 cm³/mol. The summed E-state index contributed by atoms with van der Waals surface area (Å²) in [6.45, 7) is 4.34. The molecule has 2 aromatic rings. The van der Waals surface area contributed by atoms with Gasteiger partial charge in [-0.2, -0.15) is 0 Å². The molecule has 1 heterocycles. The molecule has 27 heavy (non-hydrogen) atoms. The van der Waals surface area contributed by atoms with E-state index in [-0.39, 0.29) is 12.1 Å². The highest BCUT2D eigenvalue weighted by molar-refractivity contribution is 7.98. The Bertz CT molecular complexity index is 795. The fraction of sp³-hybridized carbons (Fsp3) is 0.300. The lowest BCUT2D eigenvalue weighted by Crippen LogP contribution is -2.38. The molecule has 1 aliphatic rings. The van der Waals surface area contributed by atoms with Gasteiger partial charge in [0.2, 0.25) is 0 Å². The maximum Gasteiger partial charge on any atom is 0.319 e. The van der Waals surface area contributed by atoms with E-state index < -0.39 is 0 Å². The van der Waals surface area contributed by atoms with Gasteiger partial charge in [-0.15, -0.1) is 11.8 Å². The molecule has 0 bridgehead atoms. The summed E-state index contributed by atoms with van der Waals surface area (Å²) in [6.07, 6.45) is 0. The number of para-hydroxylation sites is 1. The molecule has 2 aromatic carbocycles. The predicted octanol–water partition coefficient (Wildman–Crippen LogP) is 3.43. The molecule has 1 aliphatic heterocycles. The Labute approximate surface area is 163 Å². The van der Waals surface area contributed by atoms with E-state index in [4.69, 9.17) is 0 Å². The summed E-state index contributed by atoms with van der Waals surface area (Å²) >= 11 is 1.69. The third kappa shape index (κ3) is 5.65. The van der Waals surface area contributed by atoms with Crippen LogP contribution in [0.5, 0.6) is 0 Å². The minimum atomic E-state index is -0.266. The van der Waals surface area contributed by atoms with Gasteiger partial charge in [0.1, 0.15) is 0 Å². The molecule has 3 N–H and O–H groups in total. The second kappa shape index (κ2) is 9.32. The number of thioether (sulfide) groups is 1. The Kier molecular flexibility index (Phi) is 6.59. The summed E-state index contributed by atoms with van der Waals surface area (Å²) in [5, 5.41) is 8.45. The Morgan fingerprint density at radius 2 is 1.96 bits per heavy atom. The number of hydrogen-bond acceptors (Lipinski definition) is 3. The second-order valence-corrected chi connectivity index (χ2v) is 7.39. The van der Waals surface area contributed by atoms with Crippen molar-refractivity contribution < 1.29 is 9.59 Å². The molecular formula is C20H24N4O2S. The van der Waals surface area contributed by atoms with Crippen molar-refractivity contribution in [3.05, 3.63) is 59.7 Å². The molecule has 0 saturated carbocycles. The van der Waals surface area contributed by atoms with E-state index >= 15 is 0 Å². The van der Waals surface area contributed by atoms with Gasteiger partial charge in [0.05, 0.1) is 5.69 Å². The summed E-state index contributed by atoms with van der Waals surface area (Å²) in [4.78, 5) is 26.4. The van der Waals surface area contributed by atoms with Crippen LogP contribution in [0.2, 0.25) is 0 Å². The lowest BCUT2D eigenvalue weighted by Gasteiger charge is -2.15. The SMILES string of the molecule is Cc1ccc(CSc2ccccc2NC(=O)NCCN2CCNC2=O)cc1. The summed E-state index contributed by atoms with van der Waals surface area (Å²) in [5.74, 6) is 0.838. The number of hydrogen-bond donors (Lipinski definition) is 3. The number of nitrogens with one attached hydrogen (secondary N) is 3. The molecule has 7 heteroatoms. The van der Waals surface area contributed by atoms with Crippen LogP contribution in [-0.4, -0.2) is 43.1 Å². The van der Waals surface area contributed by atoms with Crippen molar-refractivity contribution in [2.75, 3.05) is 31.5 Å². The number of aryl methyl sites for hydroxylation is 1. The first-order valence-corrected chi connectivity index (χ1v) is 9.95. The first-order chi connectivity index (χ1) is 13.1. The molecule has 0 spiro atoms.